The molecule has 0 bridgehead atoms. The number of nitrogens with one attached hydrogen (secondary N) is 1. The van der Waals surface area contributed by atoms with Crippen LogP contribution in [0, 0.1) is 11.6 Å². The second-order valence-electron chi connectivity index (χ2n) is 4.39. The van der Waals surface area contributed by atoms with Crippen LogP contribution in [0.1, 0.15) is 24.1 Å². The van der Waals surface area contributed by atoms with Gasteiger partial charge in [0.25, 0.3) is 0 Å². The van der Waals surface area contributed by atoms with Crippen LogP contribution in [0.4, 0.5) is 8.78 Å². The lowest BCUT2D eigenvalue weighted by atomic mass is 9.98. The van der Waals surface area contributed by atoms with Crippen LogP contribution >= 0.6 is 0 Å². The van der Waals surface area contributed by atoms with Crippen LogP contribution in [0.25, 0.3) is 0 Å². The number of ether oxygens (including phenoxy) is 1. The number of hydrogen-bond acceptors (Lipinski definition) is 2. The molecule has 2 aromatic rings. The van der Waals surface area contributed by atoms with Crippen molar-refractivity contribution >= 4 is 0 Å². The van der Waals surface area contributed by atoms with Crippen LogP contribution in [0.5, 0.6) is 5.75 Å². The summed E-state index contributed by atoms with van der Waals surface area (Å²) in [5.74, 6) is -0.183. The number of halogens is 2. The van der Waals surface area contributed by atoms with Crippen molar-refractivity contribution < 1.29 is 13.5 Å². The quantitative estimate of drug-likeness (QED) is 0.900. The minimum absolute atomic E-state index is 0.279. The van der Waals surface area contributed by atoms with E-state index >= 15 is 0 Å². The standard InChI is InChI=1S/C16H17F2NO/c1-3-20-13-6-4-5-11(9-13)16(19-2)14-10-12(17)7-8-15(14)18/h4-10,16,19H,3H2,1-2H3. The molecular formula is C16H17F2NO. The van der Waals surface area contributed by atoms with E-state index in [4.69, 9.17) is 4.74 Å². The van der Waals surface area contributed by atoms with Crippen LogP contribution in [-0.4, -0.2) is 13.7 Å². The summed E-state index contributed by atoms with van der Waals surface area (Å²) in [6, 6.07) is 10.4. The van der Waals surface area contributed by atoms with Crippen LogP contribution in [0.15, 0.2) is 42.5 Å². The van der Waals surface area contributed by atoms with Crippen LogP contribution in [-0.2, 0) is 0 Å². The average Bonchev–Trinajstić information content (AvgIpc) is 2.44. The summed E-state index contributed by atoms with van der Waals surface area (Å²) in [6.45, 7) is 2.45. The Morgan fingerprint density at radius 3 is 2.65 bits per heavy atom. The maximum absolute atomic E-state index is 13.9. The highest BCUT2D eigenvalue weighted by Crippen LogP contribution is 2.27. The maximum Gasteiger partial charge on any atom is 0.128 e. The van der Waals surface area contributed by atoms with E-state index < -0.39 is 17.7 Å². The first kappa shape index (κ1) is 14.5. The maximum atomic E-state index is 13.9. The van der Waals surface area contributed by atoms with Crippen molar-refractivity contribution in [3.8, 4) is 5.75 Å². The monoisotopic (exact) mass is 277 g/mol. The minimum atomic E-state index is -0.456. The van der Waals surface area contributed by atoms with Gasteiger partial charge in [0.1, 0.15) is 17.4 Å². The third kappa shape index (κ3) is 3.14. The average molecular weight is 277 g/mol. The summed E-state index contributed by atoms with van der Waals surface area (Å²) in [5, 5.41) is 3.01. The molecule has 1 unspecified atom stereocenters. The molecule has 0 radical (unpaired) electrons. The molecular weight excluding hydrogens is 260 g/mol. The molecule has 0 aliphatic rings. The molecule has 0 aromatic heterocycles. The highest BCUT2D eigenvalue weighted by Gasteiger charge is 2.17. The zero-order chi connectivity index (χ0) is 14.5. The van der Waals surface area contributed by atoms with Gasteiger partial charge in [-0.2, -0.15) is 0 Å². The Morgan fingerprint density at radius 1 is 1.15 bits per heavy atom. The third-order valence-corrected chi connectivity index (χ3v) is 3.06. The highest BCUT2D eigenvalue weighted by atomic mass is 19.1. The predicted octanol–water partition coefficient (Wildman–Crippen LogP) is 3.67. The first-order valence-electron chi connectivity index (χ1n) is 6.50. The van der Waals surface area contributed by atoms with Gasteiger partial charge < -0.3 is 10.1 Å². The van der Waals surface area contributed by atoms with Gasteiger partial charge in [0, 0.05) is 5.56 Å². The molecule has 1 atom stereocenters. The summed E-state index contributed by atoms with van der Waals surface area (Å²) in [6.07, 6.45) is 0. The molecule has 0 heterocycles. The molecule has 0 aliphatic carbocycles. The van der Waals surface area contributed by atoms with Gasteiger partial charge in [-0.05, 0) is 49.9 Å². The zero-order valence-corrected chi connectivity index (χ0v) is 11.5. The van der Waals surface area contributed by atoms with E-state index in [1.807, 2.05) is 31.2 Å². The lowest BCUT2D eigenvalue weighted by Crippen LogP contribution is -2.19. The number of rotatable bonds is 5. The molecule has 0 saturated carbocycles. The Bertz CT molecular complexity index is 586. The van der Waals surface area contributed by atoms with Crippen molar-refractivity contribution in [3.63, 3.8) is 0 Å². The molecule has 2 nitrogen and oxygen atoms in total. The van der Waals surface area contributed by atoms with E-state index in [0.717, 1.165) is 17.7 Å². The molecule has 0 aliphatic heterocycles. The Morgan fingerprint density at radius 2 is 1.95 bits per heavy atom. The fourth-order valence-corrected chi connectivity index (χ4v) is 2.19. The van der Waals surface area contributed by atoms with Gasteiger partial charge in [0.05, 0.1) is 12.6 Å². The number of benzene rings is 2. The van der Waals surface area contributed by atoms with E-state index in [9.17, 15) is 8.78 Å². The summed E-state index contributed by atoms with van der Waals surface area (Å²) < 4.78 is 32.7. The molecule has 4 heteroatoms. The molecule has 1 N–H and O–H groups in total. The lowest BCUT2D eigenvalue weighted by Gasteiger charge is -2.19. The Kier molecular flexibility index (Phi) is 4.69. The van der Waals surface area contributed by atoms with E-state index in [1.54, 1.807) is 7.05 Å². The summed E-state index contributed by atoms with van der Waals surface area (Å²) in [5.41, 5.74) is 1.10. The third-order valence-electron chi connectivity index (χ3n) is 3.06. The molecule has 2 aromatic carbocycles. The summed E-state index contributed by atoms with van der Waals surface area (Å²) >= 11 is 0. The molecule has 0 saturated heterocycles. The zero-order valence-electron chi connectivity index (χ0n) is 11.5. The van der Waals surface area contributed by atoms with Crippen LogP contribution in [0.3, 0.4) is 0 Å². The smallest absolute Gasteiger partial charge is 0.128 e. The lowest BCUT2D eigenvalue weighted by molar-refractivity contribution is 0.339. The van der Waals surface area contributed by atoms with Crippen molar-refractivity contribution in [2.24, 2.45) is 0 Å². The van der Waals surface area contributed by atoms with E-state index in [-0.39, 0.29) is 5.56 Å². The van der Waals surface area contributed by atoms with Gasteiger partial charge in [-0.25, -0.2) is 8.78 Å². The van der Waals surface area contributed by atoms with E-state index in [1.165, 1.54) is 6.07 Å². The molecule has 0 fully saturated rings. The van der Waals surface area contributed by atoms with E-state index in [0.29, 0.717) is 12.4 Å². The number of hydrogen-bond donors (Lipinski definition) is 1. The predicted molar refractivity (Wildman–Crippen MR) is 74.9 cm³/mol. The van der Waals surface area contributed by atoms with Gasteiger partial charge >= 0.3 is 0 Å². The molecule has 2 rings (SSSR count). The molecule has 0 spiro atoms. The fraction of sp³-hybridized carbons (Fsp3) is 0.250. The van der Waals surface area contributed by atoms with Gasteiger partial charge in [-0.3, -0.25) is 0 Å². The van der Waals surface area contributed by atoms with E-state index in [2.05, 4.69) is 5.32 Å². The Labute approximate surface area is 117 Å². The van der Waals surface area contributed by atoms with Gasteiger partial charge in [0.15, 0.2) is 0 Å². The second-order valence-corrected chi connectivity index (χ2v) is 4.39. The SMILES string of the molecule is CCOc1cccc(C(NC)c2cc(F)ccc2F)c1. The van der Waals surface area contributed by atoms with Crippen molar-refractivity contribution in [2.45, 2.75) is 13.0 Å². The largest absolute Gasteiger partial charge is 0.494 e. The molecule has 20 heavy (non-hydrogen) atoms. The Balaban J connectivity index is 2.41. The van der Waals surface area contributed by atoms with Crippen molar-refractivity contribution in [3.05, 3.63) is 65.2 Å². The van der Waals surface area contributed by atoms with Crippen LogP contribution < -0.4 is 10.1 Å². The van der Waals surface area contributed by atoms with Gasteiger partial charge in [-0.15, -0.1) is 0 Å². The fourth-order valence-electron chi connectivity index (χ4n) is 2.19. The minimum Gasteiger partial charge on any atom is -0.494 e. The highest BCUT2D eigenvalue weighted by molar-refractivity contribution is 5.37. The van der Waals surface area contributed by atoms with Crippen LogP contribution in [0.2, 0.25) is 0 Å². The Hall–Kier alpha value is -1.94. The second kappa shape index (κ2) is 6.48. The normalized spacial score (nSPS) is 12.2. The first-order valence-corrected chi connectivity index (χ1v) is 6.50. The summed E-state index contributed by atoms with van der Waals surface area (Å²) in [7, 11) is 1.71. The molecule has 0 amide bonds. The topological polar surface area (TPSA) is 21.3 Å². The van der Waals surface area contributed by atoms with Crippen molar-refractivity contribution in [1.82, 2.24) is 5.32 Å². The first-order chi connectivity index (χ1) is 9.65. The van der Waals surface area contributed by atoms with Crippen molar-refractivity contribution in [1.29, 1.82) is 0 Å². The summed E-state index contributed by atoms with van der Waals surface area (Å²) in [4.78, 5) is 0. The van der Waals surface area contributed by atoms with Crippen molar-refractivity contribution in [2.75, 3.05) is 13.7 Å². The van der Waals surface area contributed by atoms with Gasteiger partial charge in [0.2, 0.25) is 0 Å². The van der Waals surface area contributed by atoms with Gasteiger partial charge in [-0.1, -0.05) is 12.1 Å². The molecule has 106 valence electrons.